The van der Waals surface area contributed by atoms with Crippen LogP contribution in [0.5, 0.6) is 11.5 Å². The third kappa shape index (κ3) is 5.28. The van der Waals surface area contributed by atoms with Crippen molar-refractivity contribution in [2.24, 2.45) is 0 Å². The molecule has 1 heterocycles. The van der Waals surface area contributed by atoms with Crippen LogP contribution in [0.2, 0.25) is 0 Å². The van der Waals surface area contributed by atoms with E-state index in [1.807, 2.05) is 32.9 Å². The van der Waals surface area contributed by atoms with Crippen molar-refractivity contribution in [3.63, 3.8) is 0 Å². The van der Waals surface area contributed by atoms with Crippen LogP contribution in [0.25, 0.3) is 0 Å². The summed E-state index contributed by atoms with van der Waals surface area (Å²) in [6.45, 7) is 7.49. The van der Waals surface area contributed by atoms with E-state index in [-0.39, 0.29) is 18.4 Å². The Morgan fingerprint density at radius 2 is 1.54 bits per heavy atom. The summed E-state index contributed by atoms with van der Waals surface area (Å²) in [4.78, 5) is 28.1. The largest absolute Gasteiger partial charge is 0.493 e. The van der Waals surface area contributed by atoms with Crippen LogP contribution in [0.4, 0.5) is 4.79 Å². The van der Waals surface area contributed by atoms with Gasteiger partial charge in [0.15, 0.2) is 11.5 Å². The summed E-state index contributed by atoms with van der Waals surface area (Å²) >= 11 is 0. The van der Waals surface area contributed by atoms with Crippen LogP contribution in [0.15, 0.2) is 18.2 Å². The van der Waals surface area contributed by atoms with Crippen molar-refractivity contribution in [3.8, 4) is 11.5 Å². The molecule has 0 unspecified atom stereocenters. The van der Waals surface area contributed by atoms with Crippen molar-refractivity contribution in [2.75, 3.05) is 40.4 Å². The van der Waals surface area contributed by atoms with E-state index in [2.05, 4.69) is 0 Å². The van der Waals surface area contributed by atoms with Gasteiger partial charge in [-0.3, -0.25) is 4.79 Å². The smallest absolute Gasteiger partial charge is 0.410 e. The summed E-state index contributed by atoms with van der Waals surface area (Å²) in [5.41, 5.74) is 0.347. The Labute approximate surface area is 154 Å². The quantitative estimate of drug-likeness (QED) is 0.820. The lowest BCUT2D eigenvalue weighted by Gasteiger charge is -2.35. The number of methoxy groups -OCH3 is 2. The number of hydrogen-bond donors (Lipinski definition) is 0. The third-order valence-electron chi connectivity index (χ3n) is 4.09. The second-order valence-electron chi connectivity index (χ2n) is 7.21. The molecule has 0 N–H and O–H groups in total. The minimum atomic E-state index is -0.516. The fourth-order valence-corrected chi connectivity index (χ4v) is 2.74. The van der Waals surface area contributed by atoms with E-state index in [0.717, 1.165) is 5.56 Å². The predicted octanol–water partition coefficient (Wildman–Crippen LogP) is 2.33. The number of rotatable bonds is 4. The number of amides is 2. The second kappa shape index (κ2) is 8.29. The molecule has 144 valence electrons. The Hall–Kier alpha value is -2.44. The summed E-state index contributed by atoms with van der Waals surface area (Å²) in [7, 11) is 3.15. The number of ether oxygens (including phenoxy) is 3. The van der Waals surface area contributed by atoms with Crippen LogP contribution in [-0.2, 0) is 16.0 Å². The Morgan fingerprint density at radius 3 is 2.08 bits per heavy atom. The average molecular weight is 364 g/mol. The maximum absolute atomic E-state index is 12.5. The highest BCUT2D eigenvalue weighted by Gasteiger charge is 2.27. The van der Waals surface area contributed by atoms with E-state index in [4.69, 9.17) is 14.2 Å². The molecule has 26 heavy (non-hydrogen) atoms. The zero-order chi connectivity index (χ0) is 19.3. The first kappa shape index (κ1) is 19.9. The van der Waals surface area contributed by atoms with Crippen LogP contribution in [0, 0.1) is 0 Å². The van der Waals surface area contributed by atoms with E-state index in [9.17, 15) is 9.59 Å². The summed E-state index contributed by atoms with van der Waals surface area (Å²) in [5, 5.41) is 0. The number of benzene rings is 1. The molecule has 2 rings (SSSR count). The zero-order valence-electron chi connectivity index (χ0n) is 16.2. The second-order valence-corrected chi connectivity index (χ2v) is 7.21. The van der Waals surface area contributed by atoms with E-state index < -0.39 is 5.60 Å². The molecule has 0 bridgehead atoms. The van der Waals surface area contributed by atoms with Gasteiger partial charge in [0, 0.05) is 26.2 Å². The molecule has 1 saturated heterocycles. The topological polar surface area (TPSA) is 68.3 Å². The first-order valence-electron chi connectivity index (χ1n) is 8.70. The molecule has 7 heteroatoms. The molecule has 0 aromatic heterocycles. The van der Waals surface area contributed by atoms with Gasteiger partial charge in [-0.2, -0.15) is 0 Å². The highest BCUT2D eigenvalue weighted by Crippen LogP contribution is 2.27. The Morgan fingerprint density at radius 1 is 0.962 bits per heavy atom. The normalized spacial score (nSPS) is 14.8. The predicted molar refractivity (Wildman–Crippen MR) is 97.6 cm³/mol. The Balaban J connectivity index is 1.89. The average Bonchev–Trinajstić information content (AvgIpc) is 2.60. The molecule has 0 atom stereocenters. The van der Waals surface area contributed by atoms with E-state index in [1.165, 1.54) is 0 Å². The summed E-state index contributed by atoms with van der Waals surface area (Å²) in [5.74, 6) is 1.27. The van der Waals surface area contributed by atoms with Crippen LogP contribution in [0.1, 0.15) is 26.3 Å². The Kier molecular flexibility index (Phi) is 6.34. The first-order chi connectivity index (χ1) is 12.2. The molecule has 1 aromatic carbocycles. The van der Waals surface area contributed by atoms with Gasteiger partial charge < -0.3 is 24.0 Å². The minimum Gasteiger partial charge on any atom is -0.493 e. The lowest BCUT2D eigenvalue weighted by molar-refractivity contribution is -0.132. The monoisotopic (exact) mass is 364 g/mol. The van der Waals surface area contributed by atoms with Crippen molar-refractivity contribution >= 4 is 12.0 Å². The van der Waals surface area contributed by atoms with E-state index in [0.29, 0.717) is 37.7 Å². The minimum absolute atomic E-state index is 0.0288. The van der Waals surface area contributed by atoms with Crippen LogP contribution in [0.3, 0.4) is 0 Å². The molecule has 0 saturated carbocycles. The summed E-state index contributed by atoms with van der Waals surface area (Å²) in [6.07, 6.45) is -0.0447. The summed E-state index contributed by atoms with van der Waals surface area (Å²) < 4.78 is 15.9. The van der Waals surface area contributed by atoms with Crippen molar-refractivity contribution in [1.29, 1.82) is 0 Å². The van der Waals surface area contributed by atoms with Gasteiger partial charge >= 0.3 is 6.09 Å². The molecule has 7 nitrogen and oxygen atoms in total. The molecule has 1 aromatic rings. The number of carbonyl (C=O) groups is 2. The van der Waals surface area contributed by atoms with Gasteiger partial charge in [0.25, 0.3) is 0 Å². The number of carbonyl (C=O) groups excluding carboxylic acids is 2. The maximum atomic E-state index is 12.5. The lowest BCUT2D eigenvalue weighted by Crippen LogP contribution is -2.51. The highest BCUT2D eigenvalue weighted by molar-refractivity contribution is 5.79. The van der Waals surface area contributed by atoms with E-state index in [1.54, 1.807) is 30.1 Å². The van der Waals surface area contributed by atoms with E-state index >= 15 is 0 Å². The fourth-order valence-electron chi connectivity index (χ4n) is 2.74. The molecule has 1 fully saturated rings. The van der Waals surface area contributed by atoms with Gasteiger partial charge in [0.05, 0.1) is 20.6 Å². The van der Waals surface area contributed by atoms with Crippen LogP contribution < -0.4 is 9.47 Å². The SMILES string of the molecule is COc1ccc(CC(=O)N2CCN(C(=O)OC(C)(C)C)CC2)cc1OC. The molecular weight excluding hydrogens is 336 g/mol. The number of hydrogen-bond acceptors (Lipinski definition) is 5. The Bertz CT molecular complexity index is 646. The fraction of sp³-hybridized carbons (Fsp3) is 0.579. The molecule has 1 aliphatic rings. The maximum Gasteiger partial charge on any atom is 0.410 e. The van der Waals surface area contributed by atoms with Gasteiger partial charge in [0.2, 0.25) is 5.91 Å². The first-order valence-corrected chi connectivity index (χ1v) is 8.70. The molecule has 0 aliphatic carbocycles. The molecule has 1 aliphatic heterocycles. The van der Waals surface area contributed by atoms with Gasteiger partial charge in [-0.25, -0.2) is 4.79 Å². The summed E-state index contributed by atoms with van der Waals surface area (Å²) in [6, 6.07) is 5.46. The molecule has 0 radical (unpaired) electrons. The molecule has 0 spiro atoms. The highest BCUT2D eigenvalue weighted by atomic mass is 16.6. The standard InChI is InChI=1S/C19H28N2O5/c1-19(2,3)26-18(23)21-10-8-20(9-11-21)17(22)13-14-6-7-15(24-4)16(12-14)25-5/h6-7,12H,8-11,13H2,1-5H3. The van der Waals surface area contributed by atoms with Crippen molar-refractivity contribution in [3.05, 3.63) is 23.8 Å². The van der Waals surface area contributed by atoms with Crippen molar-refractivity contribution in [2.45, 2.75) is 32.8 Å². The van der Waals surface area contributed by atoms with Gasteiger partial charge in [-0.15, -0.1) is 0 Å². The number of piperazine rings is 1. The lowest BCUT2D eigenvalue weighted by atomic mass is 10.1. The number of nitrogens with zero attached hydrogens (tertiary/aromatic N) is 2. The van der Waals surface area contributed by atoms with Crippen LogP contribution >= 0.6 is 0 Å². The third-order valence-corrected chi connectivity index (χ3v) is 4.09. The van der Waals surface area contributed by atoms with Crippen molar-refractivity contribution in [1.82, 2.24) is 9.80 Å². The van der Waals surface area contributed by atoms with Gasteiger partial charge in [-0.1, -0.05) is 6.07 Å². The molecule has 2 amide bonds. The van der Waals surface area contributed by atoms with Crippen LogP contribution in [-0.4, -0.2) is 67.8 Å². The molecular formula is C19H28N2O5. The van der Waals surface area contributed by atoms with Gasteiger partial charge in [-0.05, 0) is 38.5 Å². The van der Waals surface area contributed by atoms with Gasteiger partial charge in [0.1, 0.15) is 5.60 Å². The zero-order valence-corrected chi connectivity index (χ0v) is 16.2. The van der Waals surface area contributed by atoms with Crippen molar-refractivity contribution < 1.29 is 23.8 Å².